The standard InChI is InChI=1S/C19H24N2O2/c1-14-3-4-16(15(2)13-14)5-10-19(22)21-17-6-8-18(9-7-17)23-12-11-20/h3-4,6-9,13H,5,10-12,20H2,1-2H3,(H,21,22). The Hall–Kier alpha value is -2.33. The molecule has 1 amide bonds. The van der Waals surface area contributed by atoms with Gasteiger partial charge in [-0.1, -0.05) is 23.8 Å². The number of anilines is 1. The molecule has 0 spiro atoms. The normalized spacial score (nSPS) is 10.4. The van der Waals surface area contributed by atoms with Crippen LogP contribution in [0.5, 0.6) is 5.75 Å². The third-order valence-electron chi connectivity index (χ3n) is 3.64. The highest BCUT2D eigenvalue weighted by Gasteiger charge is 2.05. The molecular formula is C19H24N2O2. The summed E-state index contributed by atoms with van der Waals surface area (Å²) >= 11 is 0. The van der Waals surface area contributed by atoms with Crippen LogP contribution in [0.1, 0.15) is 23.1 Å². The van der Waals surface area contributed by atoms with Gasteiger partial charge in [0.1, 0.15) is 12.4 Å². The minimum atomic E-state index is 0.0144. The lowest BCUT2D eigenvalue weighted by Crippen LogP contribution is -2.13. The second-order valence-electron chi connectivity index (χ2n) is 5.64. The van der Waals surface area contributed by atoms with E-state index in [0.29, 0.717) is 19.6 Å². The summed E-state index contributed by atoms with van der Waals surface area (Å²) in [5.74, 6) is 0.768. The van der Waals surface area contributed by atoms with Crippen LogP contribution in [0.15, 0.2) is 42.5 Å². The van der Waals surface area contributed by atoms with Crippen molar-refractivity contribution in [2.75, 3.05) is 18.5 Å². The first kappa shape index (κ1) is 17.0. The number of rotatable bonds is 7. The smallest absolute Gasteiger partial charge is 0.224 e. The van der Waals surface area contributed by atoms with Crippen molar-refractivity contribution in [1.29, 1.82) is 0 Å². The Kier molecular flexibility index (Phi) is 6.18. The Labute approximate surface area is 137 Å². The van der Waals surface area contributed by atoms with Gasteiger partial charge < -0.3 is 15.8 Å². The Bertz CT molecular complexity index is 651. The van der Waals surface area contributed by atoms with Crippen molar-refractivity contribution >= 4 is 11.6 Å². The van der Waals surface area contributed by atoms with Crippen molar-refractivity contribution in [2.45, 2.75) is 26.7 Å². The predicted octanol–water partition coefficient (Wildman–Crippen LogP) is 3.21. The lowest BCUT2D eigenvalue weighted by atomic mass is 10.0. The van der Waals surface area contributed by atoms with E-state index < -0.39 is 0 Å². The van der Waals surface area contributed by atoms with Crippen LogP contribution < -0.4 is 15.8 Å². The average molecular weight is 312 g/mol. The molecule has 0 aliphatic rings. The molecule has 0 radical (unpaired) electrons. The molecule has 0 aromatic heterocycles. The number of carbonyl (C=O) groups excluding carboxylic acids is 1. The summed E-state index contributed by atoms with van der Waals surface area (Å²) < 4.78 is 5.41. The Morgan fingerprint density at radius 3 is 2.52 bits per heavy atom. The maximum absolute atomic E-state index is 12.1. The van der Waals surface area contributed by atoms with E-state index in [1.54, 1.807) is 0 Å². The van der Waals surface area contributed by atoms with Gasteiger partial charge >= 0.3 is 0 Å². The molecule has 0 aliphatic heterocycles. The van der Waals surface area contributed by atoms with Gasteiger partial charge in [0, 0.05) is 18.7 Å². The summed E-state index contributed by atoms with van der Waals surface area (Å²) in [7, 11) is 0. The van der Waals surface area contributed by atoms with Crippen molar-refractivity contribution < 1.29 is 9.53 Å². The molecule has 0 unspecified atom stereocenters. The molecule has 0 fully saturated rings. The van der Waals surface area contributed by atoms with Gasteiger partial charge in [-0.2, -0.15) is 0 Å². The topological polar surface area (TPSA) is 64.3 Å². The zero-order valence-corrected chi connectivity index (χ0v) is 13.8. The van der Waals surface area contributed by atoms with Crippen LogP contribution in [-0.2, 0) is 11.2 Å². The Morgan fingerprint density at radius 1 is 1.13 bits per heavy atom. The van der Waals surface area contributed by atoms with E-state index in [1.807, 2.05) is 24.3 Å². The average Bonchev–Trinajstić information content (AvgIpc) is 2.53. The number of nitrogens with one attached hydrogen (secondary N) is 1. The van der Waals surface area contributed by atoms with Crippen molar-refractivity contribution in [3.63, 3.8) is 0 Å². The second kappa shape index (κ2) is 8.34. The number of hydrogen-bond acceptors (Lipinski definition) is 3. The minimum Gasteiger partial charge on any atom is -0.492 e. The molecule has 23 heavy (non-hydrogen) atoms. The van der Waals surface area contributed by atoms with Crippen LogP contribution in [0.4, 0.5) is 5.69 Å². The lowest BCUT2D eigenvalue weighted by Gasteiger charge is -2.09. The van der Waals surface area contributed by atoms with E-state index in [2.05, 4.69) is 37.4 Å². The fourth-order valence-corrected chi connectivity index (χ4v) is 2.41. The molecule has 0 aliphatic carbocycles. The zero-order chi connectivity index (χ0) is 16.7. The summed E-state index contributed by atoms with van der Waals surface area (Å²) in [5, 5.41) is 2.91. The van der Waals surface area contributed by atoms with Gasteiger partial charge in [0.25, 0.3) is 0 Å². The monoisotopic (exact) mass is 312 g/mol. The highest BCUT2D eigenvalue weighted by Crippen LogP contribution is 2.17. The molecule has 0 saturated heterocycles. The van der Waals surface area contributed by atoms with Gasteiger partial charge in [0.2, 0.25) is 5.91 Å². The summed E-state index contributed by atoms with van der Waals surface area (Å²) in [6, 6.07) is 13.7. The highest BCUT2D eigenvalue weighted by atomic mass is 16.5. The Morgan fingerprint density at radius 2 is 1.87 bits per heavy atom. The SMILES string of the molecule is Cc1ccc(CCC(=O)Nc2ccc(OCCN)cc2)c(C)c1. The Balaban J connectivity index is 1.84. The van der Waals surface area contributed by atoms with Crippen molar-refractivity contribution in [3.05, 3.63) is 59.2 Å². The van der Waals surface area contributed by atoms with Crippen LogP contribution in [0.2, 0.25) is 0 Å². The largest absolute Gasteiger partial charge is 0.492 e. The van der Waals surface area contributed by atoms with Crippen LogP contribution in [-0.4, -0.2) is 19.1 Å². The van der Waals surface area contributed by atoms with Crippen molar-refractivity contribution in [1.82, 2.24) is 0 Å². The molecule has 2 aromatic carbocycles. The molecule has 4 heteroatoms. The van der Waals surface area contributed by atoms with Gasteiger partial charge in [0.05, 0.1) is 0 Å². The van der Waals surface area contributed by atoms with Gasteiger partial charge in [-0.15, -0.1) is 0 Å². The van der Waals surface area contributed by atoms with E-state index in [-0.39, 0.29) is 5.91 Å². The van der Waals surface area contributed by atoms with Gasteiger partial charge in [0.15, 0.2) is 0 Å². The first-order valence-corrected chi connectivity index (χ1v) is 7.87. The quantitative estimate of drug-likeness (QED) is 0.825. The molecule has 0 bridgehead atoms. The molecule has 122 valence electrons. The molecular weight excluding hydrogens is 288 g/mol. The number of nitrogens with two attached hydrogens (primary N) is 1. The maximum Gasteiger partial charge on any atom is 0.224 e. The third-order valence-corrected chi connectivity index (χ3v) is 3.64. The number of amides is 1. The number of benzene rings is 2. The van der Waals surface area contributed by atoms with Gasteiger partial charge in [-0.3, -0.25) is 4.79 Å². The van der Waals surface area contributed by atoms with Crippen LogP contribution in [0.3, 0.4) is 0 Å². The van der Waals surface area contributed by atoms with Crippen molar-refractivity contribution in [3.8, 4) is 5.75 Å². The van der Waals surface area contributed by atoms with Crippen molar-refractivity contribution in [2.24, 2.45) is 5.73 Å². The van der Waals surface area contributed by atoms with E-state index >= 15 is 0 Å². The molecule has 0 saturated carbocycles. The van der Waals surface area contributed by atoms with E-state index in [0.717, 1.165) is 17.9 Å². The fraction of sp³-hybridized carbons (Fsp3) is 0.316. The van der Waals surface area contributed by atoms with E-state index in [4.69, 9.17) is 10.5 Å². The summed E-state index contributed by atoms with van der Waals surface area (Å²) in [6.07, 6.45) is 1.21. The minimum absolute atomic E-state index is 0.0144. The van der Waals surface area contributed by atoms with Gasteiger partial charge in [-0.05, 0) is 55.7 Å². The van der Waals surface area contributed by atoms with Crippen LogP contribution in [0, 0.1) is 13.8 Å². The predicted molar refractivity (Wildman–Crippen MR) is 93.9 cm³/mol. The maximum atomic E-state index is 12.1. The highest BCUT2D eigenvalue weighted by molar-refractivity contribution is 5.90. The molecule has 4 nitrogen and oxygen atoms in total. The first-order chi connectivity index (χ1) is 11.1. The number of hydrogen-bond donors (Lipinski definition) is 2. The van der Waals surface area contributed by atoms with Crippen LogP contribution in [0.25, 0.3) is 0 Å². The molecule has 0 atom stereocenters. The fourth-order valence-electron chi connectivity index (χ4n) is 2.41. The second-order valence-corrected chi connectivity index (χ2v) is 5.64. The van der Waals surface area contributed by atoms with Crippen LogP contribution >= 0.6 is 0 Å². The molecule has 2 aromatic rings. The van der Waals surface area contributed by atoms with E-state index in [1.165, 1.54) is 16.7 Å². The summed E-state index contributed by atoms with van der Waals surface area (Å²) in [4.78, 5) is 12.1. The van der Waals surface area contributed by atoms with Gasteiger partial charge in [-0.25, -0.2) is 0 Å². The number of aryl methyl sites for hydroxylation is 3. The molecule has 2 rings (SSSR count). The summed E-state index contributed by atoms with van der Waals surface area (Å²) in [5.41, 5.74) is 9.86. The zero-order valence-electron chi connectivity index (χ0n) is 13.8. The molecule has 3 N–H and O–H groups in total. The third kappa shape index (κ3) is 5.42. The number of carbonyl (C=O) groups is 1. The lowest BCUT2D eigenvalue weighted by molar-refractivity contribution is -0.116. The molecule has 0 heterocycles. The first-order valence-electron chi connectivity index (χ1n) is 7.87. The summed E-state index contributed by atoms with van der Waals surface area (Å²) in [6.45, 7) is 5.13. The van der Waals surface area contributed by atoms with E-state index in [9.17, 15) is 4.79 Å². The number of ether oxygens (including phenoxy) is 1.